The van der Waals surface area contributed by atoms with Crippen LogP contribution in [0.1, 0.15) is 39.8 Å². The minimum atomic E-state index is 0.275. The SMILES string of the molecule is Cc1nc(C)c(C(C)NCc2cc(C#N)n(C)c2)s1. The van der Waals surface area contributed by atoms with Gasteiger partial charge < -0.3 is 9.88 Å². The van der Waals surface area contributed by atoms with E-state index in [0.717, 1.165) is 22.8 Å². The maximum Gasteiger partial charge on any atom is 0.120 e. The minimum Gasteiger partial charge on any atom is -0.342 e. The van der Waals surface area contributed by atoms with Crippen LogP contribution >= 0.6 is 11.3 Å². The number of hydrogen-bond donors (Lipinski definition) is 1. The summed E-state index contributed by atoms with van der Waals surface area (Å²) in [6.07, 6.45) is 1.99. The monoisotopic (exact) mass is 274 g/mol. The van der Waals surface area contributed by atoms with Gasteiger partial charge in [0.2, 0.25) is 0 Å². The average Bonchev–Trinajstić information content (AvgIpc) is 2.89. The fraction of sp³-hybridized carbons (Fsp3) is 0.429. The predicted molar refractivity (Wildman–Crippen MR) is 77.0 cm³/mol. The Labute approximate surface area is 117 Å². The lowest BCUT2D eigenvalue weighted by Crippen LogP contribution is -2.17. The molecule has 4 nitrogen and oxygen atoms in total. The van der Waals surface area contributed by atoms with Crippen molar-refractivity contribution in [1.29, 1.82) is 5.26 Å². The van der Waals surface area contributed by atoms with Crippen molar-refractivity contribution < 1.29 is 0 Å². The zero-order valence-electron chi connectivity index (χ0n) is 11.7. The molecule has 2 aromatic rings. The molecule has 0 fully saturated rings. The zero-order chi connectivity index (χ0) is 14.0. The molecule has 1 unspecified atom stereocenters. The molecule has 0 saturated heterocycles. The molecule has 19 heavy (non-hydrogen) atoms. The highest BCUT2D eigenvalue weighted by molar-refractivity contribution is 7.11. The smallest absolute Gasteiger partial charge is 0.120 e. The van der Waals surface area contributed by atoms with Gasteiger partial charge in [0.05, 0.1) is 10.7 Å². The van der Waals surface area contributed by atoms with Crippen LogP contribution in [0.15, 0.2) is 12.3 Å². The number of nitrogens with zero attached hydrogens (tertiary/aromatic N) is 3. The summed E-state index contributed by atoms with van der Waals surface area (Å²) >= 11 is 1.74. The van der Waals surface area contributed by atoms with Gasteiger partial charge in [-0.05, 0) is 32.4 Å². The Kier molecular flexibility index (Phi) is 4.03. The van der Waals surface area contributed by atoms with Gasteiger partial charge in [0.1, 0.15) is 11.8 Å². The summed E-state index contributed by atoms with van der Waals surface area (Å²) in [5.41, 5.74) is 2.92. The Balaban J connectivity index is 2.02. The quantitative estimate of drug-likeness (QED) is 0.932. The molecule has 0 aliphatic carbocycles. The second-order valence-corrected chi connectivity index (χ2v) is 5.98. The summed E-state index contributed by atoms with van der Waals surface area (Å²) < 4.78 is 1.85. The Morgan fingerprint density at radius 1 is 1.53 bits per heavy atom. The van der Waals surface area contributed by atoms with Crippen LogP contribution in [0.3, 0.4) is 0 Å². The predicted octanol–water partition coefficient (Wildman–Crippen LogP) is 2.82. The molecule has 0 bridgehead atoms. The van der Waals surface area contributed by atoms with Gasteiger partial charge in [-0.25, -0.2) is 4.98 Å². The van der Waals surface area contributed by atoms with E-state index >= 15 is 0 Å². The van der Waals surface area contributed by atoms with Crippen molar-refractivity contribution in [2.75, 3.05) is 0 Å². The number of hydrogen-bond acceptors (Lipinski definition) is 4. The van der Waals surface area contributed by atoms with E-state index in [9.17, 15) is 0 Å². The lowest BCUT2D eigenvalue weighted by molar-refractivity contribution is 0.579. The Morgan fingerprint density at radius 3 is 2.79 bits per heavy atom. The third-order valence-corrected chi connectivity index (χ3v) is 4.38. The van der Waals surface area contributed by atoms with E-state index in [-0.39, 0.29) is 6.04 Å². The van der Waals surface area contributed by atoms with Gasteiger partial charge in [0.25, 0.3) is 0 Å². The molecule has 5 heteroatoms. The van der Waals surface area contributed by atoms with Crippen molar-refractivity contribution in [1.82, 2.24) is 14.9 Å². The Hall–Kier alpha value is -1.64. The highest BCUT2D eigenvalue weighted by atomic mass is 32.1. The lowest BCUT2D eigenvalue weighted by Gasteiger charge is -2.11. The zero-order valence-corrected chi connectivity index (χ0v) is 12.5. The molecule has 1 N–H and O–H groups in total. The van der Waals surface area contributed by atoms with Crippen LogP contribution in [0.5, 0.6) is 0 Å². The number of aryl methyl sites for hydroxylation is 3. The standard InChI is InChI=1S/C14H18N4S/c1-9(14-10(2)17-11(3)19-14)16-7-12-5-13(6-15)18(4)8-12/h5,8-9,16H,7H2,1-4H3. The van der Waals surface area contributed by atoms with Gasteiger partial charge in [-0.1, -0.05) is 0 Å². The molecule has 1 atom stereocenters. The first-order valence-corrected chi connectivity index (χ1v) is 7.05. The molecule has 2 rings (SSSR count). The second kappa shape index (κ2) is 5.55. The average molecular weight is 274 g/mol. The molecule has 0 aromatic carbocycles. The van der Waals surface area contributed by atoms with Crippen LogP contribution in [0.25, 0.3) is 0 Å². The summed E-state index contributed by atoms with van der Waals surface area (Å²) in [5.74, 6) is 0. The van der Waals surface area contributed by atoms with Crippen LogP contribution in [-0.2, 0) is 13.6 Å². The molecular weight excluding hydrogens is 256 g/mol. The van der Waals surface area contributed by atoms with Gasteiger partial charge in [-0.15, -0.1) is 11.3 Å². The van der Waals surface area contributed by atoms with E-state index in [1.54, 1.807) is 11.3 Å². The summed E-state index contributed by atoms with van der Waals surface area (Å²) in [4.78, 5) is 5.74. The summed E-state index contributed by atoms with van der Waals surface area (Å²) in [6.45, 7) is 6.98. The third-order valence-electron chi connectivity index (χ3n) is 3.12. The maximum atomic E-state index is 8.93. The van der Waals surface area contributed by atoms with E-state index in [2.05, 4.69) is 23.3 Å². The number of nitriles is 1. The first-order chi connectivity index (χ1) is 9.01. The number of thiazole rings is 1. The fourth-order valence-electron chi connectivity index (χ4n) is 2.15. The van der Waals surface area contributed by atoms with Crippen molar-refractivity contribution in [3.63, 3.8) is 0 Å². The van der Waals surface area contributed by atoms with Crippen LogP contribution in [-0.4, -0.2) is 9.55 Å². The van der Waals surface area contributed by atoms with Gasteiger partial charge in [0.15, 0.2) is 0 Å². The highest BCUT2D eigenvalue weighted by Gasteiger charge is 2.12. The van der Waals surface area contributed by atoms with E-state index in [0.29, 0.717) is 5.69 Å². The first kappa shape index (κ1) is 13.8. The molecular formula is C14H18N4S. The van der Waals surface area contributed by atoms with Crippen molar-refractivity contribution in [2.45, 2.75) is 33.4 Å². The first-order valence-electron chi connectivity index (χ1n) is 6.24. The molecule has 0 aliphatic heterocycles. The van der Waals surface area contributed by atoms with Crippen LogP contribution in [0.2, 0.25) is 0 Å². The Morgan fingerprint density at radius 2 is 2.26 bits per heavy atom. The van der Waals surface area contributed by atoms with Crippen molar-refractivity contribution >= 4 is 11.3 Å². The second-order valence-electron chi connectivity index (χ2n) is 4.74. The Bertz CT molecular complexity index is 618. The van der Waals surface area contributed by atoms with Gasteiger partial charge in [-0.3, -0.25) is 0 Å². The molecule has 0 radical (unpaired) electrons. The molecule has 2 heterocycles. The number of nitrogens with one attached hydrogen (secondary N) is 1. The van der Waals surface area contributed by atoms with E-state index < -0.39 is 0 Å². The van der Waals surface area contributed by atoms with Crippen molar-refractivity contribution in [3.8, 4) is 6.07 Å². The third kappa shape index (κ3) is 3.03. The van der Waals surface area contributed by atoms with E-state index in [4.69, 9.17) is 5.26 Å². The van der Waals surface area contributed by atoms with E-state index in [1.807, 2.05) is 37.7 Å². The molecule has 100 valence electrons. The van der Waals surface area contributed by atoms with Gasteiger partial charge in [-0.2, -0.15) is 5.26 Å². The number of aromatic nitrogens is 2. The van der Waals surface area contributed by atoms with E-state index in [1.165, 1.54) is 4.88 Å². The highest BCUT2D eigenvalue weighted by Crippen LogP contribution is 2.24. The van der Waals surface area contributed by atoms with Crippen LogP contribution < -0.4 is 5.32 Å². The molecule has 0 spiro atoms. The van der Waals surface area contributed by atoms with Gasteiger partial charge >= 0.3 is 0 Å². The molecule has 0 aliphatic rings. The van der Waals surface area contributed by atoms with Crippen molar-refractivity contribution in [2.24, 2.45) is 7.05 Å². The molecule has 0 saturated carbocycles. The van der Waals surface area contributed by atoms with Crippen LogP contribution in [0, 0.1) is 25.2 Å². The summed E-state index contributed by atoms with van der Waals surface area (Å²) in [7, 11) is 1.89. The topological polar surface area (TPSA) is 53.6 Å². The van der Waals surface area contributed by atoms with Crippen molar-refractivity contribution in [3.05, 3.63) is 39.1 Å². The maximum absolute atomic E-state index is 8.93. The van der Waals surface area contributed by atoms with Crippen LogP contribution in [0.4, 0.5) is 0 Å². The normalized spacial score (nSPS) is 12.4. The fourth-order valence-corrected chi connectivity index (χ4v) is 3.11. The summed E-state index contributed by atoms with van der Waals surface area (Å²) in [5, 5.41) is 13.5. The molecule has 0 amide bonds. The summed E-state index contributed by atoms with van der Waals surface area (Å²) in [6, 6.07) is 4.37. The van der Waals surface area contributed by atoms with Gasteiger partial charge in [0, 0.05) is 30.7 Å². The molecule has 2 aromatic heterocycles. The minimum absolute atomic E-state index is 0.275. The largest absolute Gasteiger partial charge is 0.342 e. The lowest BCUT2D eigenvalue weighted by atomic mass is 10.2. The number of rotatable bonds is 4.